The van der Waals surface area contributed by atoms with Gasteiger partial charge in [0.25, 0.3) is 5.91 Å². The number of rotatable bonds is 5. The standard InChI is InChI=1S/C16H16N2O5S/c1-21-16(20)12-4-7-24-15(12)18-14(19)10-2-5-17-13(8-10)23-11-3-6-22-9-11/h2,4-5,7-8,11H,3,6,9H2,1H3,(H,18,19). The Hall–Kier alpha value is -2.45. The van der Waals surface area contributed by atoms with Crippen molar-refractivity contribution in [1.82, 2.24) is 4.98 Å². The number of pyridine rings is 1. The molecule has 1 atom stereocenters. The van der Waals surface area contributed by atoms with Crippen LogP contribution in [0.5, 0.6) is 5.88 Å². The molecule has 1 saturated heterocycles. The number of esters is 1. The Morgan fingerprint density at radius 2 is 2.29 bits per heavy atom. The third kappa shape index (κ3) is 3.72. The second-order valence-corrected chi connectivity index (χ2v) is 6.01. The zero-order valence-electron chi connectivity index (χ0n) is 13.0. The molecule has 1 N–H and O–H groups in total. The Kier molecular flexibility index (Phi) is 5.07. The normalized spacial score (nSPS) is 16.6. The fraction of sp³-hybridized carbons (Fsp3) is 0.312. The second kappa shape index (κ2) is 7.41. The summed E-state index contributed by atoms with van der Waals surface area (Å²) in [5, 5.41) is 4.87. The van der Waals surface area contributed by atoms with E-state index in [-0.39, 0.29) is 12.0 Å². The quantitative estimate of drug-likeness (QED) is 0.835. The lowest BCUT2D eigenvalue weighted by molar-refractivity contribution is 0.0602. The Balaban J connectivity index is 1.71. The summed E-state index contributed by atoms with van der Waals surface area (Å²) in [6, 6.07) is 4.76. The molecule has 0 aromatic carbocycles. The van der Waals surface area contributed by atoms with E-state index in [4.69, 9.17) is 14.2 Å². The van der Waals surface area contributed by atoms with Gasteiger partial charge in [-0.05, 0) is 17.5 Å². The Morgan fingerprint density at radius 3 is 3.04 bits per heavy atom. The highest BCUT2D eigenvalue weighted by atomic mass is 32.1. The summed E-state index contributed by atoms with van der Waals surface area (Å²) in [5.74, 6) is -0.471. The maximum Gasteiger partial charge on any atom is 0.340 e. The van der Waals surface area contributed by atoms with E-state index < -0.39 is 5.97 Å². The third-order valence-electron chi connectivity index (χ3n) is 3.47. The average molecular weight is 348 g/mol. The number of ether oxygens (including phenoxy) is 3. The van der Waals surface area contributed by atoms with Gasteiger partial charge in [-0.3, -0.25) is 4.79 Å². The smallest absolute Gasteiger partial charge is 0.340 e. The Bertz CT molecular complexity index is 740. The number of aromatic nitrogens is 1. The maximum absolute atomic E-state index is 12.4. The van der Waals surface area contributed by atoms with Crippen molar-refractivity contribution in [2.75, 3.05) is 25.6 Å². The van der Waals surface area contributed by atoms with E-state index >= 15 is 0 Å². The number of carbonyl (C=O) groups is 2. The molecule has 1 amide bonds. The van der Waals surface area contributed by atoms with Gasteiger partial charge in [0.2, 0.25) is 5.88 Å². The van der Waals surface area contributed by atoms with Crippen LogP contribution in [0.25, 0.3) is 0 Å². The van der Waals surface area contributed by atoms with Crippen LogP contribution in [0, 0.1) is 0 Å². The van der Waals surface area contributed by atoms with E-state index in [2.05, 4.69) is 10.3 Å². The molecule has 24 heavy (non-hydrogen) atoms. The zero-order valence-corrected chi connectivity index (χ0v) is 13.8. The van der Waals surface area contributed by atoms with Crippen LogP contribution in [0.15, 0.2) is 29.8 Å². The number of thiophene rings is 1. The average Bonchev–Trinajstić information content (AvgIpc) is 3.26. The van der Waals surface area contributed by atoms with Crippen molar-refractivity contribution in [2.24, 2.45) is 0 Å². The lowest BCUT2D eigenvalue weighted by atomic mass is 10.2. The van der Waals surface area contributed by atoms with Gasteiger partial charge >= 0.3 is 5.97 Å². The summed E-state index contributed by atoms with van der Waals surface area (Å²) >= 11 is 1.25. The molecule has 1 unspecified atom stereocenters. The van der Waals surface area contributed by atoms with Gasteiger partial charge in [0, 0.05) is 24.2 Å². The minimum atomic E-state index is -0.494. The molecule has 0 aliphatic carbocycles. The number of nitrogens with one attached hydrogen (secondary N) is 1. The highest BCUT2D eigenvalue weighted by Crippen LogP contribution is 2.25. The van der Waals surface area contributed by atoms with Gasteiger partial charge in [0.15, 0.2) is 0 Å². The van der Waals surface area contributed by atoms with Crippen molar-refractivity contribution in [3.63, 3.8) is 0 Å². The molecular formula is C16H16N2O5S. The molecule has 1 aliphatic heterocycles. The van der Waals surface area contributed by atoms with Gasteiger partial charge in [0.1, 0.15) is 11.1 Å². The Labute approximate surface area is 142 Å². The van der Waals surface area contributed by atoms with E-state index in [0.717, 1.165) is 6.42 Å². The van der Waals surface area contributed by atoms with Crippen molar-refractivity contribution in [2.45, 2.75) is 12.5 Å². The molecule has 2 aromatic heterocycles. The molecule has 2 aromatic rings. The molecule has 0 bridgehead atoms. The predicted molar refractivity (Wildman–Crippen MR) is 87.7 cm³/mol. The topological polar surface area (TPSA) is 86.8 Å². The molecule has 7 nitrogen and oxygen atoms in total. The summed E-state index contributed by atoms with van der Waals surface area (Å²) in [4.78, 5) is 28.2. The minimum absolute atomic E-state index is 0.0426. The van der Waals surface area contributed by atoms with E-state index in [1.807, 2.05) is 0 Å². The first kappa shape index (κ1) is 16.4. The van der Waals surface area contributed by atoms with Crippen LogP contribution in [0.1, 0.15) is 27.1 Å². The van der Waals surface area contributed by atoms with E-state index in [1.54, 1.807) is 23.6 Å². The first-order valence-electron chi connectivity index (χ1n) is 7.35. The number of methoxy groups -OCH3 is 1. The fourth-order valence-electron chi connectivity index (χ4n) is 2.24. The SMILES string of the molecule is COC(=O)c1ccsc1NC(=O)c1ccnc(OC2CCOC2)c1. The van der Waals surface area contributed by atoms with Crippen LogP contribution in [0.4, 0.5) is 5.00 Å². The number of hydrogen-bond donors (Lipinski definition) is 1. The van der Waals surface area contributed by atoms with Gasteiger partial charge in [0.05, 0.1) is 25.9 Å². The number of nitrogens with zero attached hydrogens (tertiary/aromatic N) is 1. The number of anilines is 1. The largest absolute Gasteiger partial charge is 0.472 e. The minimum Gasteiger partial charge on any atom is -0.472 e. The lowest BCUT2D eigenvalue weighted by Gasteiger charge is -2.11. The maximum atomic E-state index is 12.4. The molecule has 1 fully saturated rings. The summed E-state index contributed by atoms with van der Waals surface area (Å²) in [5.41, 5.74) is 0.715. The molecule has 3 heterocycles. The van der Waals surface area contributed by atoms with Crippen LogP contribution < -0.4 is 10.1 Å². The molecule has 126 valence electrons. The summed E-state index contributed by atoms with van der Waals surface area (Å²) < 4.78 is 15.6. The van der Waals surface area contributed by atoms with Crippen LogP contribution in [0.3, 0.4) is 0 Å². The van der Waals surface area contributed by atoms with Gasteiger partial charge in [-0.15, -0.1) is 11.3 Å². The van der Waals surface area contributed by atoms with Crippen molar-refractivity contribution in [1.29, 1.82) is 0 Å². The zero-order chi connectivity index (χ0) is 16.9. The first-order chi connectivity index (χ1) is 11.7. The Morgan fingerprint density at radius 1 is 1.42 bits per heavy atom. The number of carbonyl (C=O) groups excluding carboxylic acids is 2. The van der Waals surface area contributed by atoms with Crippen molar-refractivity contribution in [3.05, 3.63) is 40.9 Å². The summed E-state index contributed by atoms with van der Waals surface area (Å²) in [7, 11) is 1.30. The fourth-order valence-corrected chi connectivity index (χ4v) is 3.01. The van der Waals surface area contributed by atoms with Gasteiger partial charge in [-0.25, -0.2) is 9.78 Å². The van der Waals surface area contributed by atoms with Crippen molar-refractivity contribution < 1.29 is 23.8 Å². The predicted octanol–water partition coefficient (Wildman–Crippen LogP) is 2.35. The number of amides is 1. The highest BCUT2D eigenvalue weighted by molar-refractivity contribution is 7.14. The van der Waals surface area contributed by atoms with Gasteiger partial charge < -0.3 is 19.5 Å². The van der Waals surface area contributed by atoms with Gasteiger partial charge in [-0.1, -0.05) is 0 Å². The highest BCUT2D eigenvalue weighted by Gasteiger charge is 2.19. The monoisotopic (exact) mass is 348 g/mol. The van der Waals surface area contributed by atoms with Crippen LogP contribution in [-0.2, 0) is 9.47 Å². The van der Waals surface area contributed by atoms with Crippen molar-refractivity contribution in [3.8, 4) is 5.88 Å². The molecule has 0 saturated carbocycles. The first-order valence-corrected chi connectivity index (χ1v) is 8.23. The van der Waals surface area contributed by atoms with Crippen LogP contribution in [-0.4, -0.2) is 43.3 Å². The summed E-state index contributed by atoms with van der Waals surface area (Å²) in [6.45, 7) is 1.19. The molecule has 8 heteroatoms. The molecular weight excluding hydrogens is 332 g/mol. The van der Waals surface area contributed by atoms with Crippen LogP contribution in [0.2, 0.25) is 0 Å². The van der Waals surface area contributed by atoms with E-state index in [0.29, 0.717) is 35.2 Å². The van der Waals surface area contributed by atoms with E-state index in [9.17, 15) is 9.59 Å². The van der Waals surface area contributed by atoms with E-state index in [1.165, 1.54) is 24.6 Å². The number of hydrogen-bond acceptors (Lipinski definition) is 7. The lowest BCUT2D eigenvalue weighted by Crippen LogP contribution is -2.18. The molecule has 3 rings (SSSR count). The molecule has 0 radical (unpaired) electrons. The molecule has 1 aliphatic rings. The molecule has 0 spiro atoms. The second-order valence-electron chi connectivity index (χ2n) is 5.10. The summed E-state index contributed by atoms with van der Waals surface area (Å²) in [6.07, 6.45) is 2.27. The third-order valence-corrected chi connectivity index (χ3v) is 4.30. The van der Waals surface area contributed by atoms with Gasteiger partial charge in [-0.2, -0.15) is 0 Å². The van der Waals surface area contributed by atoms with Crippen LogP contribution >= 0.6 is 11.3 Å². The van der Waals surface area contributed by atoms with Crippen molar-refractivity contribution >= 4 is 28.2 Å².